The predicted octanol–water partition coefficient (Wildman–Crippen LogP) is 0.999. The van der Waals surface area contributed by atoms with Crippen molar-refractivity contribution in [2.75, 3.05) is 26.3 Å². The van der Waals surface area contributed by atoms with Gasteiger partial charge in [0.1, 0.15) is 0 Å². The maximum atomic E-state index is 12.3. The van der Waals surface area contributed by atoms with E-state index in [0.29, 0.717) is 36.1 Å². The molecule has 0 radical (unpaired) electrons. The number of nitrogens with zero attached hydrogens (tertiary/aromatic N) is 1. The second-order valence-corrected chi connectivity index (χ2v) is 6.26. The smallest absolute Gasteiger partial charge is 0.222 e. The van der Waals surface area contributed by atoms with Gasteiger partial charge in [0.25, 0.3) is 0 Å². The maximum Gasteiger partial charge on any atom is 0.222 e. The minimum absolute atomic E-state index is 0.328. The lowest BCUT2D eigenvalue weighted by Gasteiger charge is -2.37. The number of hydrogen-bond donors (Lipinski definition) is 1. The summed E-state index contributed by atoms with van der Waals surface area (Å²) in [5, 5.41) is 0. The van der Waals surface area contributed by atoms with Crippen LogP contribution in [0.25, 0.3) is 0 Å². The number of piperidine rings is 1. The topological polar surface area (TPSA) is 55.6 Å². The molecule has 1 saturated carbocycles. The average molecular weight is 252 g/mol. The van der Waals surface area contributed by atoms with Gasteiger partial charge in [0.2, 0.25) is 5.91 Å². The van der Waals surface area contributed by atoms with E-state index in [-0.39, 0.29) is 0 Å². The van der Waals surface area contributed by atoms with Gasteiger partial charge in [-0.3, -0.25) is 4.79 Å². The molecule has 1 unspecified atom stereocenters. The van der Waals surface area contributed by atoms with Gasteiger partial charge in [-0.1, -0.05) is 0 Å². The first kappa shape index (κ1) is 12.4. The second-order valence-electron chi connectivity index (χ2n) is 6.26. The molecule has 0 spiro atoms. The van der Waals surface area contributed by atoms with Crippen LogP contribution in [0.3, 0.4) is 0 Å². The lowest BCUT2D eigenvalue weighted by atomic mass is 9.91. The van der Waals surface area contributed by atoms with E-state index < -0.39 is 0 Å². The molecule has 1 amide bonds. The predicted molar refractivity (Wildman–Crippen MR) is 68.9 cm³/mol. The molecule has 4 heteroatoms. The zero-order chi connectivity index (χ0) is 12.5. The third-order valence-electron chi connectivity index (χ3n) is 4.98. The Morgan fingerprint density at radius 2 is 1.94 bits per heavy atom. The summed E-state index contributed by atoms with van der Waals surface area (Å²) in [5.74, 6) is 1.87. The molecule has 4 nitrogen and oxygen atoms in total. The first-order valence-electron chi connectivity index (χ1n) is 7.35. The van der Waals surface area contributed by atoms with Gasteiger partial charge in [0.05, 0.1) is 0 Å². The Labute approximate surface area is 109 Å². The highest BCUT2D eigenvalue weighted by Gasteiger charge is 2.41. The minimum atomic E-state index is 0.328. The number of amides is 1. The summed E-state index contributed by atoms with van der Waals surface area (Å²) in [6, 6.07) is 0.340. The largest absolute Gasteiger partial charge is 0.381 e. The summed E-state index contributed by atoms with van der Waals surface area (Å²) in [5.41, 5.74) is 6.17. The Morgan fingerprint density at radius 3 is 2.56 bits per heavy atom. The molecule has 2 N–H and O–H groups in total. The van der Waals surface area contributed by atoms with Crippen LogP contribution in [-0.4, -0.2) is 43.2 Å². The summed E-state index contributed by atoms with van der Waals surface area (Å²) in [6.45, 7) is 3.42. The van der Waals surface area contributed by atoms with Gasteiger partial charge in [-0.2, -0.15) is 0 Å². The molecule has 2 bridgehead atoms. The molecule has 3 aliphatic rings. The van der Waals surface area contributed by atoms with Crippen molar-refractivity contribution in [3.05, 3.63) is 0 Å². The number of fused-ring (bicyclic) bond motifs is 2. The summed E-state index contributed by atoms with van der Waals surface area (Å²) in [6.07, 6.45) is 5.35. The summed E-state index contributed by atoms with van der Waals surface area (Å²) < 4.78 is 5.45. The molecule has 2 saturated heterocycles. The Morgan fingerprint density at radius 1 is 1.22 bits per heavy atom. The highest BCUT2D eigenvalue weighted by atomic mass is 16.5. The Kier molecular flexibility index (Phi) is 3.57. The van der Waals surface area contributed by atoms with Crippen molar-refractivity contribution >= 4 is 5.91 Å². The molecular formula is C14H24N2O2. The van der Waals surface area contributed by atoms with E-state index >= 15 is 0 Å². The fourth-order valence-electron chi connectivity index (χ4n) is 3.81. The van der Waals surface area contributed by atoms with Crippen LogP contribution in [0.15, 0.2) is 0 Å². The fourth-order valence-corrected chi connectivity index (χ4v) is 3.81. The standard InChI is InChI=1S/C14H24N2O2/c15-14-11-3-4-12(14)8-16(7-11)13(17)6-10-2-1-5-18-9-10/h10-12,14H,1-9,15H2/t10-,11-,12+,14?/m1/s1. The average Bonchev–Trinajstić information content (AvgIpc) is 2.63. The molecule has 0 aromatic carbocycles. The van der Waals surface area contributed by atoms with Crippen LogP contribution in [0.5, 0.6) is 0 Å². The van der Waals surface area contributed by atoms with Crippen LogP contribution in [0, 0.1) is 17.8 Å². The van der Waals surface area contributed by atoms with Gasteiger partial charge in [-0.05, 0) is 43.4 Å². The van der Waals surface area contributed by atoms with Crippen LogP contribution < -0.4 is 5.73 Å². The lowest BCUT2D eigenvalue weighted by Crippen LogP contribution is -2.51. The highest BCUT2D eigenvalue weighted by Crippen LogP contribution is 2.36. The van der Waals surface area contributed by atoms with E-state index in [4.69, 9.17) is 10.5 Å². The van der Waals surface area contributed by atoms with Crippen LogP contribution in [0.4, 0.5) is 0 Å². The molecule has 2 heterocycles. The Balaban J connectivity index is 1.53. The van der Waals surface area contributed by atoms with E-state index in [9.17, 15) is 4.79 Å². The highest BCUT2D eigenvalue weighted by molar-refractivity contribution is 5.76. The van der Waals surface area contributed by atoms with E-state index in [0.717, 1.165) is 39.1 Å². The van der Waals surface area contributed by atoms with Gasteiger partial charge >= 0.3 is 0 Å². The van der Waals surface area contributed by atoms with Crippen molar-refractivity contribution in [1.29, 1.82) is 0 Å². The normalized spacial score (nSPS) is 39.9. The van der Waals surface area contributed by atoms with Crippen molar-refractivity contribution in [2.24, 2.45) is 23.5 Å². The second kappa shape index (κ2) is 5.17. The third kappa shape index (κ3) is 2.41. The van der Waals surface area contributed by atoms with Gasteiger partial charge < -0.3 is 15.4 Å². The molecule has 3 rings (SSSR count). The van der Waals surface area contributed by atoms with Crippen LogP contribution >= 0.6 is 0 Å². The van der Waals surface area contributed by atoms with E-state index in [2.05, 4.69) is 4.90 Å². The van der Waals surface area contributed by atoms with Crippen LogP contribution in [0.1, 0.15) is 32.1 Å². The summed E-state index contributed by atoms with van der Waals surface area (Å²) in [4.78, 5) is 14.4. The molecule has 3 fully saturated rings. The molecule has 1 aliphatic carbocycles. The van der Waals surface area contributed by atoms with Gasteiger partial charge in [0, 0.05) is 38.8 Å². The molecule has 2 aliphatic heterocycles. The number of ether oxygens (including phenoxy) is 1. The van der Waals surface area contributed by atoms with E-state index in [1.807, 2.05) is 0 Å². The number of rotatable bonds is 2. The molecule has 18 heavy (non-hydrogen) atoms. The van der Waals surface area contributed by atoms with Crippen molar-refractivity contribution in [2.45, 2.75) is 38.1 Å². The monoisotopic (exact) mass is 252 g/mol. The Bertz CT molecular complexity index is 301. The number of likely N-dealkylation sites (tertiary alicyclic amines) is 1. The lowest BCUT2D eigenvalue weighted by molar-refractivity contribution is -0.135. The number of hydrogen-bond acceptors (Lipinski definition) is 3. The summed E-state index contributed by atoms with van der Waals surface area (Å²) in [7, 11) is 0. The van der Waals surface area contributed by atoms with E-state index in [1.165, 1.54) is 12.8 Å². The van der Waals surface area contributed by atoms with Crippen LogP contribution in [0.2, 0.25) is 0 Å². The first-order chi connectivity index (χ1) is 8.74. The fraction of sp³-hybridized carbons (Fsp3) is 0.929. The molecule has 4 atom stereocenters. The van der Waals surface area contributed by atoms with Crippen molar-refractivity contribution in [3.63, 3.8) is 0 Å². The number of carbonyl (C=O) groups excluding carboxylic acids is 1. The minimum Gasteiger partial charge on any atom is -0.381 e. The molecule has 0 aromatic heterocycles. The zero-order valence-electron chi connectivity index (χ0n) is 11.0. The van der Waals surface area contributed by atoms with Gasteiger partial charge in [-0.15, -0.1) is 0 Å². The maximum absolute atomic E-state index is 12.3. The van der Waals surface area contributed by atoms with Crippen molar-refractivity contribution in [3.8, 4) is 0 Å². The quantitative estimate of drug-likeness (QED) is 0.797. The summed E-state index contributed by atoms with van der Waals surface area (Å²) >= 11 is 0. The zero-order valence-corrected chi connectivity index (χ0v) is 11.0. The molecule has 102 valence electrons. The molecule has 0 aromatic rings. The van der Waals surface area contributed by atoms with Crippen LogP contribution in [-0.2, 0) is 9.53 Å². The number of carbonyl (C=O) groups is 1. The Hall–Kier alpha value is -0.610. The first-order valence-corrected chi connectivity index (χ1v) is 7.35. The molecular weight excluding hydrogens is 228 g/mol. The van der Waals surface area contributed by atoms with Gasteiger partial charge in [-0.25, -0.2) is 0 Å². The van der Waals surface area contributed by atoms with Crippen molar-refractivity contribution in [1.82, 2.24) is 4.90 Å². The third-order valence-corrected chi connectivity index (χ3v) is 4.98. The van der Waals surface area contributed by atoms with Gasteiger partial charge in [0.15, 0.2) is 0 Å². The van der Waals surface area contributed by atoms with Crippen molar-refractivity contribution < 1.29 is 9.53 Å². The van der Waals surface area contributed by atoms with E-state index in [1.54, 1.807) is 0 Å². The SMILES string of the molecule is NC1[C@@H]2CC[C@H]1CN(C(=O)C[C@H]1CCCOC1)C2. The number of nitrogens with two attached hydrogens (primary N) is 1.